The molecule has 1 aromatic rings. The van der Waals surface area contributed by atoms with E-state index in [0.717, 1.165) is 24.0 Å². The second-order valence-electron chi connectivity index (χ2n) is 4.00. The molecule has 0 saturated heterocycles. The van der Waals surface area contributed by atoms with Crippen LogP contribution in [0.2, 0.25) is 0 Å². The Morgan fingerprint density at radius 1 is 1.40 bits per heavy atom. The third-order valence-electron chi connectivity index (χ3n) is 3.06. The van der Waals surface area contributed by atoms with E-state index in [1.165, 1.54) is 0 Å². The maximum absolute atomic E-state index is 10.1. The van der Waals surface area contributed by atoms with E-state index in [-0.39, 0.29) is 12.0 Å². The normalized spacial score (nSPS) is 16.9. The molecule has 0 aromatic heterocycles. The van der Waals surface area contributed by atoms with E-state index in [9.17, 15) is 9.90 Å². The summed E-state index contributed by atoms with van der Waals surface area (Å²) < 4.78 is 0. The zero-order valence-corrected chi connectivity index (χ0v) is 8.44. The molecule has 78 valence electrons. The number of isocyanates is 1. The zero-order chi connectivity index (χ0) is 10.7. The molecule has 2 rings (SSSR count). The molecule has 3 nitrogen and oxygen atoms in total. The molecule has 1 N–H and O–H groups in total. The Hall–Kier alpha value is -1.44. The minimum atomic E-state index is -0.0605. The van der Waals surface area contributed by atoms with Crippen molar-refractivity contribution in [3.05, 3.63) is 35.4 Å². The topological polar surface area (TPSA) is 49.7 Å². The predicted molar refractivity (Wildman–Crippen MR) is 56.3 cm³/mol. The molecular weight excluding hydrogens is 190 g/mol. The lowest BCUT2D eigenvalue weighted by Gasteiger charge is -2.15. The molecule has 0 atom stereocenters. The second kappa shape index (κ2) is 3.97. The summed E-state index contributed by atoms with van der Waals surface area (Å²) in [5, 5.41) is 9.35. The molecule has 1 saturated carbocycles. The maximum atomic E-state index is 10.1. The lowest BCUT2D eigenvalue weighted by atomic mass is 9.92. The standard InChI is InChI=1S/C12H13NO2/c14-8-12(5-6-12)11-4-2-1-3-10(11)7-13-9-15/h1-4,14H,5-8H2. The van der Waals surface area contributed by atoms with Crippen LogP contribution in [-0.4, -0.2) is 17.8 Å². The fraction of sp³-hybridized carbons (Fsp3) is 0.417. The van der Waals surface area contributed by atoms with Crippen LogP contribution in [0.4, 0.5) is 0 Å². The van der Waals surface area contributed by atoms with Gasteiger partial charge in [0.05, 0.1) is 13.2 Å². The minimum Gasteiger partial charge on any atom is -0.395 e. The number of nitrogens with zero attached hydrogens (tertiary/aromatic N) is 1. The molecule has 0 bridgehead atoms. The van der Waals surface area contributed by atoms with E-state index in [0.29, 0.717) is 6.54 Å². The number of hydrogen-bond acceptors (Lipinski definition) is 3. The minimum absolute atomic E-state index is 0.0605. The summed E-state index contributed by atoms with van der Waals surface area (Å²) in [5.74, 6) is 0. The third-order valence-corrected chi connectivity index (χ3v) is 3.06. The molecule has 15 heavy (non-hydrogen) atoms. The molecule has 0 heterocycles. The summed E-state index contributed by atoms with van der Waals surface area (Å²) in [6.07, 6.45) is 3.58. The van der Waals surface area contributed by atoms with Crippen molar-refractivity contribution < 1.29 is 9.90 Å². The third kappa shape index (κ3) is 1.84. The second-order valence-corrected chi connectivity index (χ2v) is 4.00. The van der Waals surface area contributed by atoms with E-state index in [2.05, 4.69) is 4.99 Å². The molecular formula is C12H13NO2. The number of rotatable bonds is 4. The molecule has 0 amide bonds. The number of aliphatic imine (C=N–C) groups is 1. The van der Waals surface area contributed by atoms with Gasteiger partial charge in [-0.1, -0.05) is 24.3 Å². The van der Waals surface area contributed by atoms with Crippen LogP contribution in [-0.2, 0) is 16.8 Å². The van der Waals surface area contributed by atoms with Crippen molar-refractivity contribution in [3.63, 3.8) is 0 Å². The van der Waals surface area contributed by atoms with E-state index < -0.39 is 0 Å². The Labute approximate surface area is 88.5 Å². The average Bonchev–Trinajstić information content (AvgIpc) is 3.08. The van der Waals surface area contributed by atoms with E-state index in [4.69, 9.17) is 0 Å². The van der Waals surface area contributed by atoms with E-state index >= 15 is 0 Å². The molecule has 1 aliphatic rings. The van der Waals surface area contributed by atoms with Crippen LogP contribution >= 0.6 is 0 Å². The molecule has 0 spiro atoms. The van der Waals surface area contributed by atoms with Crippen molar-refractivity contribution in [1.82, 2.24) is 0 Å². The summed E-state index contributed by atoms with van der Waals surface area (Å²) >= 11 is 0. The fourth-order valence-corrected chi connectivity index (χ4v) is 1.96. The van der Waals surface area contributed by atoms with Gasteiger partial charge in [-0.15, -0.1) is 0 Å². The van der Waals surface area contributed by atoms with Crippen molar-refractivity contribution in [2.24, 2.45) is 4.99 Å². The number of aliphatic hydroxyl groups excluding tert-OH is 1. The summed E-state index contributed by atoms with van der Waals surface area (Å²) in [7, 11) is 0. The molecule has 0 radical (unpaired) electrons. The van der Waals surface area contributed by atoms with E-state index in [1.807, 2.05) is 24.3 Å². The van der Waals surface area contributed by atoms with Gasteiger partial charge >= 0.3 is 0 Å². The van der Waals surface area contributed by atoms with Crippen LogP contribution in [0.15, 0.2) is 29.3 Å². The summed E-state index contributed by atoms with van der Waals surface area (Å²) in [4.78, 5) is 13.7. The van der Waals surface area contributed by atoms with Gasteiger partial charge in [-0.3, -0.25) is 0 Å². The van der Waals surface area contributed by atoms with Gasteiger partial charge < -0.3 is 5.11 Å². The molecule has 1 fully saturated rings. The van der Waals surface area contributed by atoms with Crippen molar-refractivity contribution in [1.29, 1.82) is 0 Å². The Morgan fingerprint density at radius 2 is 2.13 bits per heavy atom. The highest BCUT2D eigenvalue weighted by atomic mass is 16.3. The van der Waals surface area contributed by atoms with Gasteiger partial charge in [0.15, 0.2) is 0 Å². The SMILES string of the molecule is O=C=NCc1ccccc1C1(CO)CC1. The van der Waals surface area contributed by atoms with Gasteiger partial charge in [0.2, 0.25) is 6.08 Å². The summed E-state index contributed by atoms with van der Waals surface area (Å²) in [5.41, 5.74) is 2.09. The Morgan fingerprint density at radius 3 is 2.73 bits per heavy atom. The largest absolute Gasteiger partial charge is 0.395 e. The lowest BCUT2D eigenvalue weighted by molar-refractivity contribution is 0.254. The first kappa shape index (κ1) is 10.1. The zero-order valence-electron chi connectivity index (χ0n) is 8.44. The average molecular weight is 203 g/mol. The van der Waals surface area contributed by atoms with Gasteiger partial charge in [0.1, 0.15) is 0 Å². The van der Waals surface area contributed by atoms with Crippen LogP contribution in [0.5, 0.6) is 0 Å². The van der Waals surface area contributed by atoms with Crippen LogP contribution in [0.25, 0.3) is 0 Å². The van der Waals surface area contributed by atoms with Crippen molar-refractivity contribution >= 4 is 6.08 Å². The molecule has 1 aromatic carbocycles. The Kier molecular flexibility index (Phi) is 2.67. The Bertz CT molecular complexity index is 404. The van der Waals surface area contributed by atoms with Crippen molar-refractivity contribution in [3.8, 4) is 0 Å². The lowest BCUT2D eigenvalue weighted by Crippen LogP contribution is -2.14. The number of benzene rings is 1. The smallest absolute Gasteiger partial charge is 0.235 e. The van der Waals surface area contributed by atoms with Gasteiger partial charge in [0, 0.05) is 5.41 Å². The summed E-state index contributed by atoms with van der Waals surface area (Å²) in [6, 6.07) is 7.84. The van der Waals surface area contributed by atoms with Crippen LogP contribution < -0.4 is 0 Å². The number of aliphatic hydroxyl groups is 1. The number of carbonyl (C=O) groups excluding carboxylic acids is 1. The van der Waals surface area contributed by atoms with E-state index in [1.54, 1.807) is 6.08 Å². The van der Waals surface area contributed by atoms with Gasteiger partial charge in [-0.05, 0) is 24.0 Å². The molecule has 1 aliphatic carbocycles. The van der Waals surface area contributed by atoms with Crippen LogP contribution in [0.3, 0.4) is 0 Å². The highest BCUT2D eigenvalue weighted by Gasteiger charge is 2.44. The quantitative estimate of drug-likeness (QED) is 0.596. The van der Waals surface area contributed by atoms with Crippen LogP contribution in [0.1, 0.15) is 24.0 Å². The highest BCUT2D eigenvalue weighted by molar-refractivity contribution is 5.40. The summed E-state index contributed by atoms with van der Waals surface area (Å²) in [6.45, 7) is 0.538. The number of hydrogen-bond donors (Lipinski definition) is 1. The van der Waals surface area contributed by atoms with Crippen molar-refractivity contribution in [2.75, 3.05) is 6.61 Å². The predicted octanol–water partition coefficient (Wildman–Crippen LogP) is 1.55. The first-order chi connectivity index (χ1) is 7.32. The monoisotopic (exact) mass is 203 g/mol. The molecule has 0 aliphatic heterocycles. The van der Waals surface area contributed by atoms with Crippen molar-refractivity contribution in [2.45, 2.75) is 24.8 Å². The Balaban J connectivity index is 2.33. The maximum Gasteiger partial charge on any atom is 0.235 e. The molecule has 3 heteroatoms. The first-order valence-electron chi connectivity index (χ1n) is 5.05. The van der Waals surface area contributed by atoms with Gasteiger partial charge in [-0.2, -0.15) is 0 Å². The fourth-order valence-electron chi connectivity index (χ4n) is 1.96. The van der Waals surface area contributed by atoms with Crippen LogP contribution in [0, 0.1) is 0 Å². The van der Waals surface area contributed by atoms with Gasteiger partial charge in [0.25, 0.3) is 0 Å². The first-order valence-corrected chi connectivity index (χ1v) is 5.05. The highest BCUT2D eigenvalue weighted by Crippen LogP contribution is 2.48. The van der Waals surface area contributed by atoms with Gasteiger partial charge in [-0.25, -0.2) is 9.79 Å². The molecule has 0 unspecified atom stereocenters.